The van der Waals surface area contributed by atoms with Gasteiger partial charge in [-0.3, -0.25) is 9.59 Å². The molecule has 0 amide bonds. The van der Waals surface area contributed by atoms with Crippen molar-refractivity contribution in [3.8, 4) is 21.7 Å². The van der Waals surface area contributed by atoms with Crippen LogP contribution in [0.1, 0.15) is 35.5 Å². The molecular formula is C29H18N2O2S3. The SMILES string of the molecule is Cc1ccc2c(c1)C(C)(C)c1cc(-c3nc4c(=O)c5c(sc6c7sc(C)nc7c(=O)c65)c4s3)ccc1-2. The van der Waals surface area contributed by atoms with E-state index in [1.54, 1.807) is 11.3 Å². The molecule has 4 nitrogen and oxygen atoms in total. The number of aryl methyl sites for hydroxylation is 2. The minimum atomic E-state index is -0.135. The third kappa shape index (κ3) is 2.39. The first kappa shape index (κ1) is 20.9. The molecule has 1 aliphatic carbocycles. The molecule has 7 heteroatoms. The van der Waals surface area contributed by atoms with Crippen LogP contribution in [-0.4, -0.2) is 9.97 Å². The van der Waals surface area contributed by atoms with Gasteiger partial charge in [-0.25, -0.2) is 9.97 Å². The third-order valence-corrected chi connectivity index (χ3v) is 11.2. The van der Waals surface area contributed by atoms with Crippen molar-refractivity contribution in [3.05, 3.63) is 78.5 Å². The van der Waals surface area contributed by atoms with E-state index in [9.17, 15) is 9.59 Å². The fourth-order valence-electron chi connectivity index (χ4n) is 5.89. The highest BCUT2D eigenvalue weighted by Crippen LogP contribution is 2.50. The Hall–Kier alpha value is -3.26. The van der Waals surface area contributed by atoms with Crippen LogP contribution < -0.4 is 10.9 Å². The Morgan fingerprint density at radius 2 is 1.31 bits per heavy atom. The minimum Gasteiger partial charge on any atom is -0.287 e. The van der Waals surface area contributed by atoms with E-state index in [4.69, 9.17) is 4.98 Å². The molecule has 36 heavy (non-hydrogen) atoms. The maximum atomic E-state index is 13.5. The lowest BCUT2D eigenvalue weighted by molar-refractivity contribution is 0.660. The number of nitrogens with zero attached hydrogens (tertiary/aromatic N) is 2. The van der Waals surface area contributed by atoms with Gasteiger partial charge in [-0.1, -0.05) is 49.7 Å². The van der Waals surface area contributed by atoms with Crippen LogP contribution in [0.2, 0.25) is 0 Å². The van der Waals surface area contributed by atoms with Crippen molar-refractivity contribution in [1.29, 1.82) is 0 Å². The number of hydrogen-bond acceptors (Lipinski definition) is 7. The summed E-state index contributed by atoms with van der Waals surface area (Å²) in [6, 6.07) is 13.2. The number of rotatable bonds is 1. The van der Waals surface area contributed by atoms with E-state index in [-0.39, 0.29) is 16.3 Å². The van der Waals surface area contributed by atoms with Crippen molar-refractivity contribution in [1.82, 2.24) is 9.97 Å². The van der Waals surface area contributed by atoms with Crippen LogP contribution in [0, 0.1) is 13.8 Å². The van der Waals surface area contributed by atoms with E-state index in [0.717, 1.165) is 34.4 Å². The smallest absolute Gasteiger partial charge is 0.215 e. The van der Waals surface area contributed by atoms with Crippen LogP contribution in [0.5, 0.6) is 0 Å². The van der Waals surface area contributed by atoms with Crippen LogP contribution >= 0.6 is 34.0 Å². The average Bonchev–Trinajstić information content (AvgIpc) is 3.64. The van der Waals surface area contributed by atoms with Gasteiger partial charge in [0.05, 0.1) is 34.6 Å². The van der Waals surface area contributed by atoms with Gasteiger partial charge in [0, 0.05) is 11.0 Å². The molecule has 3 aromatic heterocycles. The van der Waals surface area contributed by atoms with Crippen LogP contribution in [-0.2, 0) is 5.41 Å². The average molecular weight is 523 g/mol. The van der Waals surface area contributed by atoms with Crippen molar-refractivity contribution in [2.24, 2.45) is 0 Å². The summed E-state index contributed by atoms with van der Waals surface area (Å²) in [5.41, 5.74) is 8.11. The van der Waals surface area contributed by atoms with E-state index in [0.29, 0.717) is 21.8 Å². The van der Waals surface area contributed by atoms with Crippen molar-refractivity contribution in [2.75, 3.05) is 0 Å². The van der Waals surface area contributed by atoms with Gasteiger partial charge in [-0.05, 0) is 42.2 Å². The number of aromatic nitrogens is 2. The van der Waals surface area contributed by atoms with E-state index < -0.39 is 0 Å². The van der Waals surface area contributed by atoms with Gasteiger partial charge in [-0.2, -0.15) is 0 Å². The predicted molar refractivity (Wildman–Crippen MR) is 153 cm³/mol. The normalized spacial score (nSPS) is 14.6. The topological polar surface area (TPSA) is 59.9 Å². The first-order chi connectivity index (χ1) is 17.2. The zero-order valence-corrected chi connectivity index (χ0v) is 22.3. The van der Waals surface area contributed by atoms with Crippen LogP contribution in [0.25, 0.3) is 62.3 Å². The van der Waals surface area contributed by atoms with Crippen molar-refractivity contribution >= 4 is 74.6 Å². The second-order valence-corrected chi connectivity index (χ2v) is 13.4. The summed E-state index contributed by atoms with van der Waals surface area (Å²) >= 11 is 4.62. The standard InChI is InChI=1S/C29H18N2O2S3/c1-11-5-7-14-15-8-6-13(10-17(15)29(3,4)16(14)9-11)28-31-21-23(33)19-18-22(32)20-26(34-12(2)30-20)24(18)35-25(19)27(21)36-28/h5-10H,1-4H3. The summed E-state index contributed by atoms with van der Waals surface area (Å²) in [5.74, 6) is 0. The zero-order valence-electron chi connectivity index (χ0n) is 19.9. The van der Waals surface area contributed by atoms with Crippen molar-refractivity contribution in [3.63, 3.8) is 0 Å². The molecule has 0 N–H and O–H groups in total. The zero-order chi connectivity index (χ0) is 24.7. The molecule has 0 unspecified atom stereocenters. The Balaban J connectivity index is 1.34. The first-order valence-corrected chi connectivity index (χ1v) is 14.2. The summed E-state index contributed by atoms with van der Waals surface area (Å²) in [5, 5.41) is 2.78. The Kier molecular flexibility index (Phi) is 3.79. The molecule has 0 atom stereocenters. The molecule has 8 rings (SSSR count). The van der Waals surface area contributed by atoms with Gasteiger partial charge in [0.15, 0.2) is 0 Å². The van der Waals surface area contributed by atoms with Crippen LogP contribution in [0.4, 0.5) is 0 Å². The highest BCUT2D eigenvalue weighted by molar-refractivity contribution is 7.34. The molecule has 4 aromatic carbocycles. The van der Waals surface area contributed by atoms with E-state index in [1.807, 2.05) is 6.92 Å². The number of thiophene rings is 1. The highest BCUT2D eigenvalue weighted by atomic mass is 32.1. The lowest BCUT2D eigenvalue weighted by atomic mass is 9.81. The van der Waals surface area contributed by atoms with Gasteiger partial charge in [-0.15, -0.1) is 34.0 Å². The number of thiazole rings is 2. The van der Waals surface area contributed by atoms with Gasteiger partial charge in [0.1, 0.15) is 16.0 Å². The second-order valence-electron chi connectivity index (χ2n) is 10.2. The number of fused-ring (bicyclic) bond motifs is 10. The summed E-state index contributed by atoms with van der Waals surface area (Å²) in [7, 11) is 0. The Morgan fingerprint density at radius 1 is 0.694 bits per heavy atom. The fraction of sp³-hybridized carbons (Fsp3) is 0.172. The Labute approximate surface area is 217 Å². The van der Waals surface area contributed by atoms with Crippen LogP contribution in [0.3, 0.4) is 0 Å². The molecule has 0 aliphatic heterocycles. The second kappa shape index (κ2) is 6.54. The quantitative estimate of drug-likeness (QED) is 0.225. The molecule has 0 saturated heterocycles. The molecule has 0 bridgehead atoms. The highest BCUT2D eigenvalue weighted by Gasteiger charge is 2.36. The maximum Gasteiger partial charge on any atom is 0.215 e. The molecule has 174 valence electrons. The van der Waals surface area contributed by atoms with E-state index >= 15 is 0 Å². The van der Waals surface area contributed by atoms with E-state index in [2.05, 4.69) is 62.2 Å². The molecule has 0 spiro atoms. The van der Waals surface area contributed by atoms with Crippen molar-refractivity contribution in [2.45, 2.75) is 33.1 Å². The molecule has 0 radical (unpaired) electrons. The number of hydrogen-bond donors (Lipinski definition) is 0. The van der Waals surface area contributed by atoms with Crippen molar-refractivity contribution < 1.29 is 0 Å². The first-order valence-electron chi connectivity index (χ1n) is 11.8. The summed E-state index contributed by atoms with van der Waals surface area (Å²) in [6.45, 7) is 8.60. The molecule has 0 fully saturated rings. The monoisotopic (exact) mass is 522 g/mol. The molecular weight excluding hydrogens is 505 g/mol. The molecule has 7 aromatic rings. The molecule has 3 heterocycles. The number of benzene rings is 2. The van der Waals surface area contributed by atoms with E-state index in [1.165, 1.54) is 50.5 Å². The summed E-state index contributed by atoms with van der Waals surface area (Å²) in [4.78, 5) is 35.8. The lowest BCUT2D eigenvalue weighted by Gasteiger charge is -2.22. The largest absolute Gasteiger partial charge is 0.287 e. The van der Waals surface area contributed by atoms with Gasteiger partial charge < -0.3 is 0 Å². The van der Waals surface area contributed by atoms with Gasteiger partial charge >= 0.3 is 0 Å². The lowest BCUT2D eigenvalue weighted by Crippen LogP contribution is -2.15. The Morgan fingerprint density at radius 3 is 2.03 bits per heavy atom. The maximum absolute atomic E-state index is 13.5. The summed E-state index contributed by atoms with van der Waals surface area (Å²) in [6.07, 6.45) is 0. The van der Waals surface area contributed by atoms with Crippen LogP contribution in [0.15, 0.2) is 46.0 Å². The molecule has 1 aliphatic rings. The minimum absolute atomic E-state index is 0.102. The van der Waals surface area contributed by atoms with Gasteiger partial charge in [0.25, 0.3) is 0 Å². The van der Waals surface area contributed by atoms with Gasteiger partial charge in [0.2, 0.25) is 10.9 Å². The predicted octanol–water partition coefficient (Wildman–Crippen LogP) is 7.46. The Bertz CT molecular complexity index is 2200. The third-order valence-electron chi connectivity index (χ3n) is 7.64. The fourth-order valence-corrected chi connectivity index (χ4v) is 9.44. The summed E-state index contributed by atoms with van der Waals surface area (Å²) < 4.78 is 3.57. The molecule has 0 saturated carbocycles.